The molecule has 0 aliphatic heterocycles. The molecular formula is C8H11N2O. The first-order chi connectivity index (χ1) is 5.20. The van der Waals surface area contributed by atoms with Crippen LogP contribution in [-0.2, 0) is 4.79 Å². The van der Waals surface area contributed by atoms with Crippen molar-refractivity contribution in [2.45, 2.75) is 26.3 Å². The number of ketones is 1. The van der Waals surface area contributed by atoms with Crippen LogP contribution >= 0.6 is 0 Å². The van der Waals surface area contributed by atoms with Gasteiger partial charge in [0.05, 0.1) is 6.33 Å². The summed E-state index contributed by atoms with van der Waals surface area (Å²) in [5, 5.41) is 0. The zero-order chi connectivity index (χ0) is 8.27. The van der Waals surface area contributed by atoms with E-state index in [1.54, 1.807) is 19.4 Å². The van der Waals surface area contributed by atoms with Gasteiger partial charge in [-0.15, -0.1) is 0 Å². The van der Waals surface area contributed by atoms with E-state index in [0.717, 1.165) is 0 Å². The maximum Gasteiger partial charge on any atom is 0.131 e. The Hall–Kier alpha value is -1.12. The molecule has 1 heterocycles. The molecule has 0 saturated carbocycles. The molecule has 3 heteroatoms. The first-order valence-electron chi connectivity index (χ1n) is 3.59. The quantitative estimate of drug-likeness (QED) is 0.651. The molecule has 0 spiro atoms. The zero-order valence-corrected chi connectivity index (χ0v) is 6.74. The summed E-state index contributed by atoms with van der Waals surface area (Å²) in [4.78, 5) is 14.5. The molecule has 3 nitrogen and oxygen atoms in total. The van der Waals surface area contributed by atoms with Gasteiger partial charge in [-0.2, -0.15) is 0 Å². The number of hydrogen-bond acceptors (Lipinski definition) is 2. The van der Waals surface area contributed by atoms with Crippen LogP contribution in [0.25, 0.3) is 0 Å². The molecule has 1 aromatic heterocycles. The van der Waals surface area contributed by atoms with Gasteiger partial charge in [0.25, 0.3) is 0 Å². The highest BCUT2D eigenvalue weighted by molar-refractivity contribution is 5.75. The number of rotatable bonds is 3. The summed E-state index contributed by atoms with van der Waals surface area (Å²) in [6.07, 6.45) is 6.66. The highest BCUT2D eigenvalue weighted by atomic mass is 16.1. The number of carbonyl (C=O) groups excluding carboxylic acids is 1. The molecule has 59 valence electrons. The fraction of sp³-hybridized carbons (Fsp3) is 0.500. The van der Waals surface area contributed by atoms with Gasteiger partial charge in [-0.05, 0) is 13.8 Å². The van der Waals surface area contributed by atoms with Crippen molar-refractivity contribution in [2.24, 2.45) is 0 Å². The van der Waals surface area contributed by atoms with Crippen LogP contribution in [0.3, 0.4) is 0 Å². The lowest BCUT2D eigenvalue weighted by Gasteiger charge is -2.09. The van der Waals surface area contributed by atoms with E-state index in [1.807, 2.05) is 11.5 Å². The van der Waals surface area contributed by atoms with E-state index >= 15 is 0 Å². The van der Waals surface area contributed by atoms with Crippen molar-refractivity contribution < 1.29 is 4.79 Å². The molecule has 0 aromatic carbocycles. The van der Waals surface area contributed by atoms with Crippen molar-refractivity contribution in [3.63, 3.8) is 0 Å². The standard InChI is InChI=1S/C8H11N2O/c1-7(5-8(2)11)10-4-3-9-6-10/h4,6-7H,5H2,1-2H3. The maximum absolute atomic E-state index is 10.7. The van der Waals surface area contributed by atoms with E-state index in [-0.39, 0.29) is 11.8 Å². The number of Topliss-reactive ketones (excluding diaryl/α,β-unsaturated/α-hetero) is 1. The fourth-order valence-electron chi connectivity index (χ4n) is 0.996. The van der Waals surface area contributed by atoms with Gasteiger partial charge in [0.2, 0.25) is 0 Å². The van der Waals surface area contributed by atoms with Gasteiger partial charge in [-0.1, -0.05) is 0 Å². The summed E-state index contributed by atoms with van der Waals surface area (Å²) in [5.74, 6) is 0.200. The van der Waals surface area contributed by atoms with Crippen molar-refractivity contribution in [3.05, 3.63) is 18.7 Å². The summed E-state index contributed by atoms with van der Waals surface area (Å²) < 4.78 is 1.88. The van der Waals surface area contributed by atoms with Crippen molar-refractivity contribution in [1.29, 1.82) is 0 Å². The third kappa shape index (κ3) is 2.18. The lowest BCUT2D eigenvalue weighted by atomic mass is 10.2. The van der Waals surface area contributed by atoms with Crippen molar-refractivity contribution in [1.82, 2.24) is 9.55 Å². The Labute approximate surface area is 66.1 Å². The second-order valence-corrected chi connectivity index (χ2v) is 2.71. The molecule has 0 N–H and O–H groups in total. The molecule has 1 radical (unpaired) electrons. The highest BCUT2D eigenvalue weighted by Crippen LogP contribution is 2.08. The van der Waals surface area contributed by atoms with E-state index in [2.05, 4.69) is 11.2 Å². The smallest absolute Gasteiger partial charge is 0.131 e. The third-order valence-corrected chi connectivity index (χ3v) is 1.56. The van der Waals surface area contributed by atoms with Crippen molar-refractivity contribution in [2.75, 3.05) is 0 Å². The minimum absolute atomic E-state index is 0.200. The molecule has 11 heavy (non-hydrogen) atoms. The molecule has 0 bridgehead atoms. The van der Waals surface area contributed by atoms with Crippen LogP contribution in [0.2, 0.25) is 0 Å². The molecule has 0 aliphatic carbocycles. The molecular weight excluding hydrogens is 140 g/mol. The molecule has 0 amide bonds. The van der Waals surface area contributed by atoms with E-state index in [9.17, 15) is 4.79 Å². The van der Waals surface area contributed by atoms with E-state index in [1.165, 1.54) is 0 Å². The van der Waals surface area contributed by atoms with Crippen LogP contribution in [0.15, 0.2) is 12.5 Å². The van der Waals surface area contributed by atoms with E-state index in [4.69, 9.17) is 0 Å². The Morgan fingerprint density at radius 1 is 1.82 bits per heavy atom. The van der Waals surface area contributed by atoms with Gasteiger partial charge in [0.15, 0.2) is 0 Å². The first-order valence-corrected chi connectivity index (χ1v) is 3.59. The maximum atomic E-state index is 10.7. The second kappa shape index (κ2) is 3.32. The molecule has 0 saturated heterocycles. The molecule has 1 atom stereocenters. The summed E-state index contributed by atoms with van der Waals surface area (Å²) in [7, 11) is 0. The predicted molar refractivity (Wildman–Crippen MR) is 41.1 cm³/mol. The molecule has 1 rings (SSSR count). The van der Waals surface area contributed by atoms with Crippen molar-refractivity contribution >= 4 is 5.78 Å². The predicted octanol–water partition coefficient (Wildman–Crippen LogP) is 1.22. The first kappa shape index (κ1) is 7.98. The Morgan fingerprint density at radius 3 is 3.00 bits per heavy atom. The normalized spacial score (nSPS) is 12.9. The average Bonchev–Trinajstić information content (AvgIpc) is 2.35. The molecule has 0 fully saturated rings. The largest absolute Gasteiger partial charge is 0.334 e. The lowest BCUT2D eigenvalue weighted by molar-refractivity contribution is -0.117. The van der Waals surface area contributed by atoms with Gasteiger partial charge in [0.1, 0.15) is 12.0 Å². The van der Waals surface area contributed by atoms with Crippen LogP contribution in [0.1, 0.15) is 26.3 Å². The number of nitrogens with zero attached hydrogens (tertiary/aromatic N) is 2. The van der Waals surface area contributed by atoms with Crippen LogP contribution in [0.5, 0.6) is 0 Å². The van der Waals surface area contributed by atoms with Gasteiger partial charge < -0.3 is 4.57 Å². The summed E-state index contributed by atoms with van der Waals surface area (Å²) >= 11 is 0. The minimum Gasteiger partial charge on any atom is -0.334 e. The summed E-state index contributed by atoms with van der Waals surface area (Å²) in [5.41, 5.74) is 0. The number of hydrogen-bond donors (Lipinski definition) is 0. The molecule has 1 unspecified atom stereocenters. The minimum atomic E-state index is 0.200. The summed E-state index contributed by atoms with van der Waals surface area (Å²) in [6.45, 7) is 3.58. The highest BCUT2D eigenvalue weighted by Gasteiger charge is 2.05. The molecule has 0 aliphatic rings. The lowest BCUT2D eigenvalue weighted by Crippen LogP contribution is -2.06. The van der Waals surface area contributed by atoms with Crippen LogP contribution in [-0.4, -0.2) is 15.3 Å². The zero-order valence-electron chi connectivity index (χ0n) is 6.74. The number of imidazole rings is 1. The van der Waals surface area contributed by atoms with Gasteiger partial charge >= 0.3 is 0 Å². The van der Waals surface area contributed by atoms with Gasteiger partial charge in [0, 0.05) is 18.7 Å². The van der Waals surface area contributed by atoms with Gasteiger partial charge in [-0.25, -0.2) is 4.98 Å². The third-order valence-electron chi connectivity index (χ3n) is 1.56. The van der Waals surface area contributed by atoms with E-state index < -0.39 is 0 Å². The van der Waals surface area contributed by atoms with E-state index in [0.29, 0.717) is 6.42 Å². The number of aromatic nitrogens is 2. The van der Waals surface area contributed by atoms with Gasteiger partial charge in [-0.3, -0.25) is 4.79 Å². The van der Waals surface area contributed by atoms with Crippen LogP contribution in [0.4, 0.5) is 0 Å². The fourth-order valence-corrected chi connectivity index (χ4v) is 0.996. The second-order valence-electron chi connectivity index (χ2n) is 2.71. The Bertz CT molecular complexity index is 228. The molecule has 1 aromatic rings. The Balaban J connectivity index is 2.56. The van der Waals surface area contributed by atoms with Crippen molar-refractivity contribution in [3.8, 4) is 0 Å². The summed E-state index contributed by atoms with van der Waals surface area (Å²) in [6, 6.07) is 0.200. The average molecular weight is 151 g/mol. The monoisotopic (exact) mass is 151 g/mol. The van der Waals surface area contributed by atoms with Crippen LogP contribution in [0, 0.1) is 6.20 Å². The SMILES string of the molecule is CC(=O)CC(C)n1c[c]nc1. The number of carbonyl (C=O) groups is 1. The Morgan fingerprint density at radius 2 is 2.55 bits per heavy atom. The topological polar surface area (TPSA) is 34.9 Å². The van der Waals surface area contributed by atoms with Crippen LogP contribution < -0.4 is 0 Å². The Kier molecular flexibility index (Phi) is 2.41.